The lowest BCUT2D eigenvalue weighted by molar-refractivity contribution is -0.120. The number of carbonyl (C=O) groups excluding carboxylic acids is 1. The summed E-state index contributed by atoms with van der Waals surface area (Å²) in [5, 5.41) is 10.5. The van der Waals surface area contributed by atoms with Gasteiger partial charge in [-0.05, 0) is 6.92 Å². The topological polar surface area (TPSA) is 59.8 Å². The van der Waals surface area contributed by atoms with E-state index >= 15 is 0 Å². The molecule has 1 amide bonds. The molecule has 0 spiro atoms. The lowest BCUT2D eigenvalue weighted by atomic mass is 10.0. The van der Waals surface area contributed by atoms with E-state index in [1.54, 1.807) is 11.7 Å². The first-order chi connectivity index (χ1) is 6.56. The van der Waals surface area contributed by atoms with Gasteiger partial charge in [0.05, 0.1) is 11.4 Å². The molecule has 1 N–H and O–H groups in total. The van der Waals surface area contributed by atoms with Gasteiger partial charge < -0.3 is 5.32 Å². The lowest BCUT2D eigenvalue weighted by Crippen LogP contribution is -2.20. The van der Waals surface area contributed by atoms with Crippen LogP contribution in [0.15, 0.2) is 0 Å². The molecule has 1 unspecified atom stereocenters. The average molecular weight is 196 g/mol. The van der Waals surface area contributed by atoms with Crippen molar-refractivity contribution in [2.45, 2.75) is 26.2 Å². The number of aryl methyl sites for hydroxylation is 1. The van der Waals surface area contributed by atoms with Gasteiger partial charge in [0.2, 0.25) is 5.91 Å². The van der Waals surface area contributed by atoms with Crippen molar-refractivity contribution in [3.05, 3.63) is 11.4 Å². The Hall–Kier alpha value is -1.39. The molecule has 78 valence electrons. The van der Waals surface area contributed by atoms with Gasteiger partial charge >= 0.3 is 0 Å². The molecule has 0 aromatic carbocycles. The first-order valence-electron chi connectivity index (χ1n) is 4.63. The van der Waals surface area contributed by atoms with E-state index in [0.717, 1.165) is 11.4 Å². The second-order valence-electron chi connectivity index (χ2n) is 3.46. The number of carbonyl (C=O) groups is 1. The van der Waals surface area contributed by atoms with Crippen molar-refractivity contribution in [1.29, 1.82) is 0 Å². The number of hydrogen-bond donors (Lipinski definition) is 1. The Labute approximate surface area is 83.5 Å². The Morgan fingerprint density at radius 3 is 2.71 bits per heavy atom. The van der Waals surface area contributed by atoms with Crippen LogP contribution in [0.4, 0.5) is 0 Å². The summed E-state index contributed by atoms with van der Waals surface area (Å²) < 4.78 is 1.72. The number of aromatic nitrogens is 3. The monoisotopic (exact) mass is 196 g/mol. The van der Waals surface area contributed by atoms with Crippen LogP contribution >= 0.6 is 0 Å². The average Bonchev–Trinajstić information content (AvgIpc) is 2.47. The Morgan fingerprint density at radius 1 is 1.64 bits per heavy atom. The molecule has 0 aliphatic heterocycles. The number of hydrogen-bond acceptors (Lipinski definition) is 3. The van der Waals surface area contributed by atoms with Gasteiger partial charge in [0.25, 0.3) is 0 Å². The van der Waals surface area contributed by atoms with E-state index in [4.69, 9.17) is 0 Å². The maximum Gasteiger partial charge on any atom is 0.220 e. The van der Waals surface area contributed by atoms with Crippen LogP contribution in [0.25, 0.3) is 0 Å². The van der Waals surface area contributed by atoms with Gasteiger partial charge in [0.15, 0.2) is 0 Å². The fraction of sp³-hybridized carbons (Fsp3) is 0.667. The Bertz CT molecular complexity index is 332. The highest BCUT2D eigenvalue weighted by Gasteiger charge is 2.16. The number of amides is 1. The molecule has 0 saturated heterocycles. The van der Waals surface area contributed by atoms with E-state index in [0.29, 0.717) is 6.42 Å². The minimum atomic E-state index is 0.0301. The second kappa shape index (κ2) is 4.21. The molecule has 1 aromatic heterocycles. The van der Waals surface area contributed by atoms with Crippen molar-refractivity contribution < 1.29 is 4.79 Å². The van der Waals surface area contributed by atoms with Gasteiger partial charge in [-0.3, -0.25) is 9.48 Å². The van der Waals surface area contributed by atoms with Crippen LogP contribution in [0.1, 0.15) is 30.7 Å². The largest absolute Gasteiger partial charge is 0.359 e. The molecule has 1 rings (SSSR count). The molecule has 0 bridgehead atoms. The molecule has 14 heavy (non-hydrogen) atoms. The van der Waals surface area contributed by atoms with Crippen molar-refractivity contribution in [2.24, 2.45) is 7.05 Å². The molecule has 0 aliphatic rings. The van der Waals surface area contributed by atoms with Crippen molar-refractivity contribution in [3.63, 3.8) is 0 Å². The number of nitrogens with one attached hydrogen (secondary N) is 1. The van der Waals surface area contributed by atoms with Gasteiger partial charge in [0, 0.05) is 26.4 Å². The molecule has 5 heteroatoms. The quantitative estimate of drug-likeness (QED) is 0.759. The third-order valence-electron chi connectivity index (χ3n) is 2.38. The van der Waals surface area contributed by atoms with Crippen LogP contribution < -0.4 is 5.32 Å². The van der Waals surface area contributed by atoms with Crippen LogP contribution in [0, 0.1) is 6.92 Å². The molecule has 1 atom stereocenters. The SMILES string of the molecule is CNC(=O)CC(C)c1nnn(C)c1C. The van der Waals surface area contributed by atoms with Crippen LogP contribution in [-0.4, -0.2) is 27.9 Å². The van der Waals surface area contributed by atoms with Crippen LogP contribution in [0.2, 0.25) is 0 Å². The van der Waals surface area contributed by atoms with E-state index in [1.165, 1.54) is 0 Å². The molecule has 0 aliphatic carbocycles. The van der Waals surface area contributed by atoms with Crippen molar-refractivity contribution in [2.75, 3.05) is 7.05 Å². The maximum absolute atomic E-state index is 11.1. The predicted molar refractivity (Wildman–Crippen MR) is 52.8 cm³/mol. The van der Waals surface area contributed by atoms with Crippen LogP contribution in [-0.2, 0) is 11.8 Å². The third kappa shape index (κ3) is 2.10. The van der Waals surface area contributed by atoms with Crippen molar-refractivity contribution in [3.8, 4) is 0 Å². The molecule has 0 radical (unpaired) electrons. The maximum atomic E-state index is 11.1. The second-order valence-corrected chi connectivity index (χ2v) is 3.46. The van der Waals surface area contributed by atoms with E-state index < -0.39 is 0 Å². The van der Waals surface area contributed by atoms with E-state index in [-0.39, 0.29) is 11.8 Å². The number of nitrogens with zero attached hydrogens (tertiary/aromatic N) is 3. The minimum absolute atomic E-state index is 0.0301. The normalized spacial score (nSPS) is 12.6. The van der Waals surface area contributed by atoms with Gasteiger partial charge in [0.1, 0.15) is 0 Å². The summed E-state index contributed by atoms with van der Waals surface area (Å²) in [4.78, 5) is 11.1. The zero-order valence-corrected chi connectivity index (χ0v) is 9.03. The van der Waals surface area contributed by atoms with E-state index in [2.05, 4.69) is 15.6 Å². The summed E-state index contributed by atoms with van der Waals surface area (Å²) in [5.41, 5.74) is 1.91. The summed E-state index contributed by atoms with van der Waals surface area (Å²) in [6.07, 6.45) is 0.454. The molecular formula is C9H16N4O. The highest BCUT2D eigenvalue weighted by atomic mass is 16.1. The molecule has 0 saturated carbocycles. The highest BCUT2D eigenvalue weighted by molar-refractivity contribution is 5.76. The molecule has 5 nitrogen and oxygen atoms in total. The number of rotatable bonds is 3. The highest BCUT2D eigenvalue weighted by Crippen LogP contribution is 2.18. The van der Waals surface area contributed by atoms with Crippen LogP contribution in [0.3, 0.4) is 0 Å². The molecular weight excluding hydrogens is 180 g/mol. The molecule has 1 aromatic rings. The lowest BCUT2D eigenvalue weighted by Gasteiger charge is -2.07. The predicted octanol–water partition coefficient (Wildman–Crippen LogP) is 0.363. The van der Waals surface area contributed by atoms with Crippen molar-refractivity contribution >= 4 is 5.91 Å². The van der Waals surface area contributed by atoms with Gasteiger partial charge in [-0.15, -0.1) is 5.10 Å². The molecule has 0 fully saturated rings. The zero-order chi connectivity index (χ0) is 10.7. The van der Waals surface area contributed by atoms with E-state index in [1.807, 2.05) is 20.9 Å². The first kappa shape index (κ1) is 10.7. The molecule has 1 heterocycles. The zero-order valence-electron chi connectivity index (χ0n) is 9.03. The summed E-state index contributed by atoms with van der Waals surface area (Å²) in [5.74, 6) is 0.145. The standard InChI is InChI=1S/C9H16N4O/c1-6(5-8(14)10-3)9-7(2)13(4)12-11-9/h6H,5H2,1-4H3,(H,10,14). The summed E-state index contributed by atoms with van der Waals surface area (Å²) in [7, 11) is 3.48. The smallest absolute Gasteiger partial charge is 0.220 e. The summed E-state index contributed by atoms with van der Waals surface area (Å²) in [6.45, 7) is 3.93. The Morgan fingerprint density at radius 2 is 2.29 bits per heavy atom. The minimum Gasteiger partial charge on any atom is -0.359 e. The van der Waals surface area contributed by atoms with E-state index in [9.17, 15) is 4.79 Å². The Balaban J connectivity index is 2.74. The first-order valence-corrected chi connectivity index (χ1v) is 4.63. The third-order valence-corrected chi connectivity index (χ3v) is 2.38. The fourth-order valence-electron chi connectivity index (χ4n) is 1.35. The Kier molecular flexibility index (Phi) is 3.22. The van der Waals surface area contributed by atoms with Gasteiger partial charge in [-0.2, -0.15) is 0 Å². The van der Waals surface area contributed by atoms with Crippen molar-refractivity contribution in [1.82, 2.24) is 20.3 Å². The van der Waals surface area contributed by atoms with Gasteiger partial charge in [-0.25, -0.2) is 0 Å². The fourth-order valence-corrected chi connectivity index (χ4v) is 1.35. The summed E-state index contributed by atoms with van der Waals surface area (Å²) >= 11 is 0. The summed E-state index contributed by atoms with van der Waals surface area (Å²) in [6, 6.07) is 0. The van der Waals surface area contributed by atoms with Gasteiger partial charge in [-0.1, -0.05) is 12.1 Å². The van der Waals surface area contributed by atoms with Crippen LogP contribution in [0.5, 0.6) is 0 Å².